The number of aryl methyl sites for hydroxylation is 2. The number of phenolic OH excluding ortho intramolecular Hbond substituents is 1. The van der Waals surface area contributed by atoms with Gasteiger partial charge in [0, 0.05) is 13.1 Å². The predicted molar refractivity (Wildman–Crippen MR) is 75.7 cm³/mol. The Kier molecular flexibility index (Phi) is 3.81. The average molecular weight is 311 g/mol. The molecule has 1 aromatic carbocycles. The molecule has 2 rings (SSSR count). The van der Waals surface area contributed by atoms with Crippen molar-refractivity contribution in [1.82, 2.24) is 9.78 Å². The summed E-state index contributed by atoms with van der Waals surface area (Å²) in [5, 5.41) is 26.9. The van der Waals surface area contributed by atoms with E-state index in [1.165, 1.54) is 16.8 Å². The lowest BCUT2D eigenvalue weighted by atomic mass is 10.2. The van der Waals surface area contributed by atoms with Gasteiger partial charge in [-0.25, -0.2) is 0 Å². The maximum Gasteiger partial charge on any atom is 0.275 e. The van der Waals surface area contributed by atoms with Gasteiger partial charge >= 0.3 is 0 Å². The standard InChI is InChI=1S/C12H11ClN4O4/c1-6-10(13)11(16(2)15-6)12(19)14-8-4-3-7(17(20)21)5-9(8)18/h3-5,18H,1-2H3,(H,14,19). The number of aromatic nitrogens is 2. The van der Waals surface area contributed by atoms with Crippen molar-refractivity contribution >= 4 is 28.9 Å². The highest BCUT2D eigenvalue weighted by atomic mass is 35.5. The maximum atomic E-state index is 12.1. The molecule has 8 nitrogen and oxygen atoms in total. The summed E-state index contributed by atoms with van der Waals surface area (Å²) in [6.45, 7) is 1.66. The molecule has 1 aromatic heterocycles. The van der Waals surface area contributed by atoms with Crippen molar-refractivity contribution in [1.29, 1.82) is 0 Å². The van der Waals surface area contributed by atoms with E-state index in [1.807, 2.05) is 0 Å². The SMILES string of the molecule is Cc1nn(C)c(C(=O)Nc2ccc([N+](=O)[O-])cc2O)c1Cl. The van der Waals surface area contributed by atoms with E-state index in [-0.39, 0.29) is 22.1 Å². The van der Waals surface area contributed by atoms with Gasteiger partial charge in [0.25, 0.3) is 11.6 Å². The molecule has 110 valence electrons. The number of rotatable bonds is 3. The van der Waals surface area contributed by atoms with Crippen LogP contribution in [0.15, 0.2) is 18.2 Å². The van der Waals surface area contributed by atoms with Gasteiger partial charge in [-0.1, -0.05) is 11.6 Å². The van der Waals surface area contributed by atoms with Crippen LogP contribution in [0.2, 0.25) is 5.02 Å². The van der Waals surface area contributed by atoms with Gasteiger partial charge in [-0.05, 0) is 13.0 Å². The van der Waals surface area contributed by atoms with Crippen LogP contribution in [0.3, 0.4) is 0 Å². The monoisotopic (exact) mass is 310 g/mol. The van der Waals surface area contributed by atoms with Crippen molar-refractivity contribution in [3.05, 3.63) is 44.7 Å². The Morgan fingerprint density at radius 3 is 2.67 bits per heavy atom. The van der Waals surface area contributed by atoms with Gasteiger partial charge in [0.15, 0.2) is 0 Å². The third-order valence-electron chi connectivity index (χ3n) is 2.80. The Labute approximate surface area is 124 Å². The van der Waals surface area contributed by atoms with Crippen molar-refractivity contribution < 1.29 is 14.8 Å². The first-order valence-electron chi connectivity index (χ1n) is 5.79. The van der Waals surface area contributed by atoms with E-state index < -0.39 is 16.6 Å². The summed E-state index contributed by atoms with van der Waals surface area (Å²) in [6.07, 6.45) is 0. The summed E-state index contributed by atoms with van der Waals surface area (Å²) < 4.78 is 1.31. The zero-order chi connectivity index (χ0) is 15.7. The number of aromatic hydroxyl groups is 1. The number of nitro benzene ring substituents is 1. The Morgan fingerprint density at radius 2 is 2.19 bits per heavy atom. The summed E-state index contributed by atoms with van der Waals surface area (Å²) in [7, 11) is 1.56. The van der Waals surface area contributed by atoms with Crippen molar-refractivity contribution in [3.8, 4) is 5.75 Å². The number of nitrogens with zero attached hydrogens (tertiary/aromatic N) is 3. The van der Waals surface area contributed by atoms with Crippen LogP contribution in [-0.2, 0) is 7.05 Å². The summed E-state index contributed by atoms with van der Waals surface area (Å²) >= 11 is 5.99. The lowest BCUT2D eigenvalue weighted by Crippen LogP contribution is -2.16. The number of nitro groups is 1. The van der Waals surface area contributed by atoms with Gasteiger partial charge in [0.1, 0.15) is 11.4 Å². The normalized spacial score (nSPS) is 10.4. The summed E-state index contributed by atoms with van der Waals surface area (Å²) in [6, 6.07) is 3.36. The van der Waals surface area contributed by atoms with Crippen LogP contribution in [0.25, 0.3) is 0 Å². The molecule has 0 saturated carbocycles. The van der Waals surface area contributed by atoms with Crippen molar-refractivity contribution in [2.75, 3.05) is 5.32 Å². The lowest BCUT2D eigenvalue weighted by Gasteiger charge is -2.07. The van der Waals surface area contributed by atoms with Gasteiger partial charge in [0.05, 0.1) is 27.4 Å². The van der Waals surface area contributed by atoms with E-state index in [1.54, 1.807) is 14.0 Å². The van der Waals surface area contributed by atoms with Crippen LogP contribution >= 0.6 is 11.6 Å². The van der Waals surface area contributed by atoms with Gasteiger partial charge in [-0.2, -0.15) is 5.10 Å². The highest BCUT2D eigenvalue weighted by molar-refractivity contribution is 6.34. The zero-order valence-electron chi connectivity index (χ0n) is 11.1. The quantitative estimate of drug-likeness (QED) is 0.513. The van der Waals surface area contributed by atoms with Crippen LogP contribution in [-0.4, -0.2) is 25.7 Å². The Morgan fingerprint density at radius 1 is 1.52 bits per heavy atom. The molecule has 21 heavy (non-hydrogen) atoms. The fraction of sp³-hybridized carbons (Fsp3) is 0.167. The number of halogens is 1. The number of phenols is 1. The number of benzene rings is 1. The summed E-state index contributed by atoms with van der Waals surface area (Å²) in [4.78, 5) is 22.1. The predicted octanol–water partition coefficient (Wildman–Crippen LogP) is 2.25. The topological polar surface area (TPSA) is 110 Å². The molecular weight excluding hydrogens is 300 g/mol. The zero-order valence-corrected chi connectivity index (χ0v) is 11.9. The smallest absolute Gasteiger partial charge is 0.275 e. The molecule has 0 unspecified atom stereocenters. The first-order valence-corrected chi connectivity index (χ1v) is 6.17. The van der Waals surface area contributed by atoms with Crippen LogP contribution < -0.4 is 5.32 Å². The van der Waals surface area contributed by atoms with E-state index in [2.05, 4.69) is 10.4 Å². The molecule has 0 radical (unpaired) electrons. The molecular formula is C12H11ClN4O4. The molecule has 0 fully saturated rings. The second-order valence-corrected chi connectivity index (χ2v) is 4.66. The number of hydrogen-bond donors (Lipinski definition) is 2. The van der Waals surface area contributed by atoms with Crippen LogP contribution in [0.1, 0.15) is 16.2 Å². The number of carbonyl (C=O) groups excluding carboxylic acids is 1. The van der Waals surface area contributed by atoms with Crippen molar-refractivity contribution in [2.24, 2.45) is 7.05 Å². The van der Waals surface area contributed by atoms with E-state index >= 15 is 0 Å². The van der Waals surface area contributed by atoms with E-state index in [0.717, 1.165) is 6.07 Å². The average Bonchev–Trinajstić information content (AvgIpc) is 2.65. The molecule has 1 amide bonds. The summed E-state index contributed by atoms with van der Waals surface area (Å²) in [5.74, 6) is -0.986. The van der Waals surface area contributed by atoms with E-state index in [4.69, 9.17) is 11.6 Å². The molecule has 0 aliphatic rings. The number of amides is 1. The molecule has 0 aliphatic heterocycles. The van der Waals surface area contributed by atoms with Gasteiger partial charge in [-0.3, -0.25) is 19.6 Å². The molecule has 0 atom stereocenters. The highest BCUT2D eigenvalue weighted by Crippen LogP contribution is 2.29. The third-order valence-corrected chi connectivity index (χ3v) is 3.26. The number of nitrogens with one attached hydrogen (secondary N) is 1. The molecule has 0 bridgehead atoms. The number of carbonyl (C=O) groups is 1. The fourth-order valence-electron chi connectivity index (χ4n) is 1.80. The lowest BCUT2D eigenvalue weighted by molar-refractivity contribution is -0.384. The molecule has 2 aromatic rings. The third kappa shape index (κ3) is 2.79. The first-order chi connectivity index (χ1) is 9.81. The molecule has 9 heteroatoms. The van der Waals surface area contributed by atoms with Crippen LogP contribution in [0, 0.1) is 17.0 Å². The largest absolute Gasteiger partial charge is 0.506 e. The fourth-order valence-corrected chi connectivity index (χ4v) is 2.05. The van der Waals surface area contributed by atoms with Crippen LogP contribution in [0.5, 0.6) is 5.75 Å². The van der Waals surface area contributed by atoms with E-state index in [9.17, 15) is 20.0 Å². The van der Waals surface area contributed by atoms with Gasteiger partial charge in [0.2, 0.25) is 0 Å². The van der Waals surface area contributed by atoms with Gasteiger partial charge < -0.3 is 10.4 Å². The number of non-ortho nitro benzene ring substituents is 1. The Bertz CT molecular complexity index is 741. The highest BCUT2D eigenvalue weighted by Gasteiger charge is 2.20. The number of anilines is 1. The Hall–Kier alpha value is -2.61. The second-order valence-electron chi connectivity index (χ2n) is 4.28. The maximum absolute atomic E-state index is 12.1. The molecule has 2 N–H and O–H groups in total. The molecule has 0 aliphatic carbocycles. The van der Waals surface area contributed by atoms with E-state index in [0.29, 0.717) is 5.69 Å². The van der Waals surface area contributed by atoms with Gasteiger partial charge in [-0.15, -0.1) is 0 Å². The molecule has 0 saturated heterocycles. The minimum atomic E-state index is -0.646. The molecule has 0 spiro atoms. The Balaban J connectivity index is 2.30. The van der Waals surface area contributed by atoms with Crippen LogP contribution in [0.4, 0.5) is 11.4 Å². The van der Waals surface area contributed by atoms with Crippen molar-refractivity contribution in [3.63, 3.8) is 0 Å². The second kappa shape index (κ2) is 5.41. The van der Waals surface area contributed by atoms with Crippen molar-refractivity contribution in [2.45, 2.75) is 6.92 Å². The minimum Gasteiger partial charge on any atom is -0.506 e. The minimum absolute atomic E-state index is 0.0421. The molecule has 1 heterocycles. The number of hydrogen-bond acceptors (Lipinski definition) is 5. The summed E-state index contributed by atoms with van der Waals surface area (Å²) in [5.41, 5.74) is 0.393. The first kappa shape index (κ1) is 14.8.